The van der Waals surface area contributed by atoms with E-state index in [2.05, 4.69) is 5.32 Å². The number of carbonyl (C=O) groups excluding carboxylic acids is 2. The first kappa shape index (κ1) is 22.8. The van der Waals surface area contributed by atoms with Crippen LogP contribution in [0, 0.1) is 17.5 Å². The van der Waals surface area contributed by atoms with E-state index in [-0.39, 0.29) is 44.1 Å². The average Bonchev–Trinajstić information content (AvgIpc) is 2.85. The number of anilines is 1. The quantitative estimate of drug-likeness (QED) is 0.562. The molecule has 2 aliphatic rings. The van der Waals surface area contributed by atoms with Crippen LogP contribution < -0.4 is 10.1 Å². The molecule has 9 heteroatoms. The maximum atomic E-state index is 14.5. The summed E-state index contributed by atoms with van der Waals surface area (Å²) in [4.78, 5) is 29.2. The second kappa shape index (κ2) is 8.98. The van der Waals surface area contributed by atoms with E-state index in [4.69, 9.17) is 4.74 Å². The normalized spacial score (nSPS) is 16.6. The molecule has 180 valence electrons. The standard InChI is InChI=1S/C26H22F3N3O3/c27-18-9-10-21(29)22(15-18)30-25(34)31-13-11-26(12-14-31)32(16-17-5-1-3-7-20(17)28)24(33)19-6-2-4-8-23(19)35-26/h1-10,15H,11-14,16H2,(H,30,34). The summed E-state index contributed by atoms with van der Waals surface area (Å²) in [6, 6.07) is 15.3. The number of benzene rings is 3. The van der Waals surface area contributed by atoms with Gasteiger partial charge in [0.1, 0.15) is 23.2 Å². The van der Waals surface area contributed by atoms with Gasteiger partial charge in [-0.1, -0.05) is 30.3 Å². The lowest BCUT2D eigenvalue weighted by atomic mass is 9.93. The molecule has 0 unspecified atom stereocenters. The Morgan fingerprint density at radius 1 is 0.943 bits per heavy atom. The maximum absolute atomic E-state index is 14.5. The van der Waals surface area contributed by atoms with Gasteiger partial charge in [-0.2, -0.15) is 0 Å². The Bertz CT molecular complexity index is 1290. The van der Waals surface area contributed by atoms with Crippen LogP contribution in [0.4, 0.5) is 23.7 Å². The molecule has 1 spiro atoms. The van der Waals surface area contributed by atoms with Gasteiger partial charge in [0.05, 0.1) is 17.8 Å². The lowest BCUT2D eigenvalue weighted by molar-refractivity contribution is -0.109. The van der Waals surface area contributed by atoms with Crippen LogP contribution >= 0.6 is 0 Å². The van der Waals surface area contributed by atoms with Crippen molar-refractivity contribution in [3.8, 4) is 5.75 Å². The Kier molecular flexibility index (Phi) is 5.84. The zero-order chi connectivity index (χ0) is 24.6. The molecule has 2 aliphatic heterocycles. The number of likely N-dealkylation sites (tertiary alicyclic amines) is 1. The Hall–Kier alpha value is -4.01. The zero-order valence-electron chi connectivity index (χ0n) is 18.6. The van der Waals surface area contributed by atoms with Gasteiger partial charge >= 0.3 is 6.03 Å². The van der Waals surface area contributed by atoms with E-state index < -0.39 is 29.2 Å². The van der Waals surface area contributed by atoms with Crippen molar-refractivity contribution < 1.29 is 27.5 Å². The van der Waals surface area contributed by atoms with Crippen molar-refractivity contribution in [3.63, 3.8) is 0 Å². The third kappa shape index (κ3) is 4.29. The fourth-order valence-corrected chi connectivity index (χ4v) is 4.55. The van der Waals surface area contributed by atoms with Crippen molar-refractivity contribution in [1.82, 2.24) is 9.80 Å². The number of nitrogens with zero attached hydrogens (tertiary/aromatic N) is 2. The van der Waals surface area contributed by atoms with E-state index in [0.29, 0.717) is 16.9 Å². The first-order valence-corrected chi connectivity index (χ1v) is 11.2. The molecule has 1 fully saturated rings. The minimum Gasteiger partial charge on any atom is -0.467 e. The monoisotopic (exact) mass is 481 g/mol. The molecule has 0 atom stereocenters. The second-order valence-electron chi connectivity index (χ2n) is 8.57. The molecule has 5 rings (SSSR count). The maximum Gasteiger partial charge on any atom is 0.321 e. The van der Waals surface area contributed by atoms with Gasteiger partial charge in [-0.3, -0.25) is 9.69 Å². The van der Waals surface area contributed by atoms with Gasteiger partial charge in [0.25, 0.3) is 5.91 Å². The molecule has 3 aromatic carbocycles. The van der Waals surface area contributed by atoms with Crippen LogP contribution in [0.5, 0.6) is 5.75 Å². The SMILES string of the molecule is O=C(Nc1cc(F)ccc1F)N1CCC2(CC1)Oc1ccccc1C(=O)N2Cc1ccccc1F. The highest BCUT2D eigenvalue weighted by molar-refractivity contribution is 5.98. The molecule has 2 heterocycles. The minimum absolute atomic E-state index is 0.000537. The summed E-state index contributed by atoms with van der Waals surface area (Å²) < 4.78 is 48.3. The molecule has 3 amide bonds. The summed E-state index contributed by atoms with van der Waals surface area (Å²) in [6.45, 7) is 0.374. The van der Waals surface area contributed by atoms with Crippen LogP contribution in [0.15, 0.2) is 66.7 Å². The van der Waals surface area contributed by atoms with E-state index in [1.165, 1.54) is 15.9 Å². The summed E-state index contributed by atoms with van der Waals surface area (Å²) in [6.07, 6.45) is 0.501. The first-order valence-electron chi connectivity index (χ1n) is 11.2. The van der Waals surface area contributed by atoms with Crippen LogP contribution in [0.25, 0.3) is 0 Å². The molecule has 3 aromatic rings. The lowest BCUT2D eigenvalue weighted by Crippen LogP contribution is -2.63. The number of carbonyl (C=O) groups is 2. The molecule has 1 saturated heterocycles. The highest BCUT2D eigenvalue weighted by Gasteiger charge is 2.49. The molecule has 0 radical (unpaired) electrons. The third-order valence-electron chi connectivity index (χ3n) is 6.44. The second-order valence-corrected chi connectivity index (χ2v) is 8.57. The summed E-state index contributed by atoms with van der Waals surface area (Å²) in [7, 11) is 0. The van der Waals surface area contributed by atoms with Crippen molar-refractivity contribution in [2.75, 3.05) is 18.4 Å². The smallest absolute Gasteiger partial charge is 0.321 e. The van der Waals surface area contributed by atoms with Gasteiger partial charge < -0.3 is 15.0 Å². The van der Waals surface area contributed by atoms with Crippen LogP contribution in [-0.2, 0) is 6.54 Å². The van der Waals surface area contributed by atoms with Crippen molar-refractivity contribution >= 4 is 17.6 Å². The number of hydrogen-bond acceptors (Lipinski definition) is 3. The molecule has 1 N–H and O–H groups in total. The summed E-state index contributed by atoms with van der Waals surface area (Å²) in [5, 5.41) is 2.40. The fraction of sp³-hybridized carbons (Fsp3) is 0.231. The number of para-hydroxylation sites is 1. The van der Waals surface area contributed by atoms with Crippen LogP contribution in [-0.4, -0.2) is 40.6 Å². The highest BCUT2D eigenvalue weighted by Crippen LogP contribution is 2.40. The number of amides is 3. The van der Waals surface area contributed by atoms with Crippen molar-refractivity contribution in [2.45, 2.75) is 25.1 Å². The molecule has 0 aromatic heterocycles. The molecule has 0 aliphatic carbocycles. The number of fused-ring (bicyclic) bond motifs is 1. The number of halogens is 3. The number of urea groups is 1. The Morgan fingerprint density at radius 3 is 2.43 bits per heavy atom. The van der Waals surface area contributed by atoms with E-state index in [1.807, 2.05) is 0 Å². The topological polar surface area (TPSA) is 61.9 Å². The van der Waals surface area contributed by atoms with Crippen LogP contribution in [0.3, 0.4) is 0 Å². The Morgan fingerprint density at radius 2 is 1.66 bits per heavy atom. The van der Waals surface area contributed by atoms with Gasteiger partial charge in [-0.05, 0) is 30.3 Å². The number of nitrogens with one attached hydrogen (secondary N) is 1. The van der Waals surface area contributed by atoms with E-state index in [1.54, 1.807) is 42.5 Å². The van der Waals surface area contributed by atoms with E-state index >= 15 is 0 Å². The first-order chi connectivity index (χ1) is 16.9. The van der Waals surface area contributed by atoms with E-state index in [0.717, 1.165) is 18.2 Å². The summed E-state index contributed by atoms with van der Waals surface area (Å²) >= 11 is 0. The van der Waals surface area contributed by atoms with Crippen molar-refractivity contribution in [1.29, 1.82) is 0 Å². The number of ether oxygens (including phenoxy) is 1. The Balaban J connectivity index is 1.38. The minimum atomic E-state index is -1.09. The van der Waals surface area contributed by atoms with Crippen LogP contribution in [0.2, 0.25) is 0 Å². The molecular formula is C26H22F3N3O3. The van der Waals surface area contributed by atoms with Gasteiger partial charge in [0.2, 0.25) is 0 Å². The number of rotatable bonds is 3. The predicted molar refractivity (Wildman–Crippen MR) is 122 cm³/mol. The summed E-state index contributed by atoms with van der Waals surface area (Å²) in [5.41, 5.74) is -0.607. The van der Waals surface area contributed by atoms with Gasteiger partial charge in [-0.25, -0.2) is 18.0 Å². The third-order valence-corrected chi connectivity index (χ3v) is 6.44. The molecule has 35 heavy (non-hydrogen) atoms. The summed E-state index contributed by atoms with van der Waals surface area (Å²) in [5.74, 6) is -1.70. The lowest BCUT2D eigenvalue weighted by Gasteiger charge is -2.50. The van der Waals surface area contributed by atoms with E-state index in [9.17, 15) is 22.8 Å². The molecule has 0 saturated carbocycles. The molecule has 6 nitrogen and oxygen atoms in total. The highest BCUT2D eigenvalue weighted by atomic mass is 19.1. The zero-order valence-corrected chi connectivity index (χ0v) is 18.6. The number of piperidine rings is 1. The fourth-order valence-electron chi connectivity index (χ4n) is 4.55. The van der Waals surface area contributed by atoms with Gasteiger partial charge in [0, 0.05) is 37.6 Å². The van der Waals surface area contributed by atoms with Crippen molar-refractivity contribution in [2.24, 2.45) is 0 Å². The van der Waals surface area contributed by atoms with Crippen molar-refractivity contribution in [3.05, 3.63) is 95.3 Å². The number of hydrogen-bond donors (Lipinski definition) is 1. The van der Waals surface area contributed by atoms with Gasteiger partial charge in [-0.15, -0.1) is 0 Å². The molecular weight excluding hydrogens is 459 g/mol. The average molecular weight is 481 g/mol. The molecule has 0 bridgehead atoms. The predicted octanol–water partition coefficient (Wildman–Crippen LogP) is 5.16. The van der Waals surface area contributed by atoms with Crippen LogP contribution in [0.1, 0.15) is 28.8 Å². The Labute approximate surface area is 199 Å². The van der Waals surface area contributed by atoms with Gasteiger partial charge in [0.15, 0.2) is 5.72 Å². The largest absolute Gasteiger partial charge is 0.467 e.